The van der Waals surface area contributed by atoms with E-state index in [4.69, 9.17) is 14.5 Å². The fourth-order valence-corrected chi connectivity index (χ4v) is 6.42. The number of aliphatic imine (C=N–C) groups is 1. The van der Waals surface area contributed by atoms with Gasteiger partial charge < -0.3 is 19.7 Å². The number of nitrogens with zero attached hydrogens (tertiary/aromatic N) is 4. The van der Waals surface area contributed by atoms with Crippen molar-refractivity contribution in [2.75, 3.05) is 45.8 Å². The molecule has 3 aliphatic heterocycles. The SMILES string of the molecule is CC1(C)N=C2N(CC=CC2(OCc2c(F)cccc2F)OCc2c(F)cccc2F)C1C(=O)NCCN1CCN(C2CC2)CC1. The summed E-state index contributed by atoms with van der Waals surface area (Å²) in [6.07, 6.45) is 5.79. The summed E-state index contributed by atoms with van der Waals surface area (Å²) in [5, 5.41) is 3.07. The number of rotatable bonds is 11. The molecule has 8 nitrogen and oxygen atoms in total. The van der Waals surface area contributed by atoms with E-state index in [0.717, 1.165) is 63.0 Å². The van der Waals surface area contributed by atoms with E-state index in [-0.39, 0.29) is 29.4 Å². The first kappa shape index (κ1) is 31.7. The van der Waals surface area contributed by atoms with Gasteiger partial charge in [-0.05, 0) is 57.0 Å². The van der Waals surface area contributed by atoms with Gasteiger partial charge in [0.05, 0.1) is 18.8 Å². The van der Waals surface area contributed by atoms with Gasteiger partial charge in [0.15, 0.2) is 5.84 Å². The second kappa shape index (κ2) is 12.8. The molecule has 242 valence electrons. The predicted octanol–water partition coefficient (Wildman–Crippen LogP) is 4.00. The monoisotopic (exact) mass is 629 g/mol. The number of carbonyl (C=O) groups is 1. The van der Waals surface area contributed by atoms with Crippen molar-refractivity contribution in [3.05, 3.63) is 82.9 Å². The fourth-order valence-electron chi connectivity index (χ4n) is 6.42. The molecule has 0 aromatic heterocycles. The van der Waals surface area contributed by atoms with Crippen LogP contribution in [0, 0.1) is 23.3 Å². The molecule has 1 aliphatic carbocycles. The van der Waals surface area contributed by atoms with Gasteiger partial charge in [0.25, 0.3) is 0 Å². The molecule has 1 amide bonds. The molecule has 3 heterocycles. The van der Waals surface area contributed by atoms with E-state index < -0.39 is 53.9 Å². The van der Waals surface area contributed by atoms with E-state index in [1.54, 1.807) is 24.8 Å². The Labute approximate surface area is 260 Å². The minimum atomic E-state index is -1.89. The number of piperazine rings is 1. The molecular formula is C33H39F4N5O3. The molecule has 12 heteroatoms. The predicted molar refractivity (Wildman–Crippen MR) is 160 cm³/mol. The Kier molecular flexibility index (Phi) is 9.02. The molecule has 1 unspecified atom stereocenters. The van der Waals surface area contributed by atoms with Crippen LogP contribution < -0.4 is 5.32 Å². The Hall–Kier alpha value is -3.32. The van der Waals surface area contributed by atoms with Gasteiger partial charge in [-0.25, -0.2) is 17.6 Å². The molecule has 0 bridgehead atoms. The van der Waals surface area contributed by atoms with Crippen molar-refractivity contribution in [3.63, 3.8) is 0 Å². The number of ether oxygens (including phenoxy) is 2. The zero-order valence-electron chi connectivity index (χ0n) is 25.6. The molecule has 1 atom stereocenters. The Bertz CT molecular complexity index is 1380. The average Bonchev–Trinajstić information content (AvgIpc) is 3.80. The summed E-state index contributed by atoms with van der Waals surface area (Å²) in [5.74, 6) is -5.22. The lowest BCUT2D eigenvalue weighted by atomic mass is 9.94. The van der Waals surface area contributed by atoms with Crippen molar-refractivity contribution >= 4 is 11.7 Å². The minimum Gasteiger partial charge on any atom is -0.353 e. The van der Waals surface area contributed by atoms with Crippen LogP contribution >= 0.6 is 0 Å². The van der Waals surface area contributed by atoms with E-state index in [0.29, 0.717) is 6.54 Å². The molecule has 1 saturated carbocycles. The van der Waals surface area contributed by atoms with Gasteiger partial charge in [-0.1, -0.05) is 18.2 Å². The van der Waals surface area contributed by atoms with E-state index in [9.17, 15) is 22.4 Å². The van der Waals surface area contributed by atoms with E-state index in [1.165, 1.54) is 31.1 Å². The van der Waals surface area contributed by atoms with Crippen molar-refractivity contribution in [1.82, 2.24) is 20.0 Å². The van der Waals surface area contributed by atoms with Crippen LogP contribution in [0.25, 0.3) is 0 Å². The van der Waals surface area contributed by atoms with Gasteiger partial charge in [0.1, 0.15) is 29.3 Å². The maximum Gasteiger partial charge on any atom is 0.248 e. The van der Waals surface area contributed by atoms with Crippen molar-refractivity contribution in [2.45, 2.75) is 63.3 Å². The summed E-state index contributed by atoms with van der Waals surface area (Å²) in [5.41, 5.74) is -1.63. The normalized spacial score (nSPS) is 22.8. The number of hydrogen-bond acceptors (Lipinski definition) is 7. The summed E-state index contributed by atoms with van der Waals surface area (Å²) in [4.78, 5) is 25.1. The average molecular weight is 630 g/mol. The number of nitrogens with one attached hydrogen (secondary N) is 1. The van der Waals surface area contributed by atoms with E-state index in [2.05, 4.69) is 15.1 Å². The smallest absolute Gasteiger partial charge is 0.248 e. The Morgan fingerprint density at radius 2 is 1.47 bits per heavy atom. The molecule has 0 spiro atoms. The highest BCUT2D eigenvalue weighted by Gasteiger charge is 2.54. The molecule has 2 aromatic carbocycles. The zero-order valence-corrected chi connectivity index (χ0v) is 25.6. The number of halogens is 4. The largest absolute Gasteiger partial charge is 0.353 e. The molecule has 2 aromatic rings. The third-order valence-electron chi connectivity index (χ3n) is 9.03. The van der Waals surface area contributed by atoms with Gasteiger partial charge in [-0.2, -0.15) is 0 Å². The lowest BCUT2D eigenvalue weighted by Gasteiger charge is -2.40. The van der Waals surface area contributed by atoms with Crippen molar-refractivity contribution in [1.29, 1.82) is 0 Å². The number of amidine groups is 1. The molecule has 4 aliphatic rings. The van der Waals surface area contributed by atoms with Crippen LogP contribution in [0.15, 0.2) is 53.5 Å². The third kappa shape index (κ3) is 6.65. The molecule has 2 fully saturated rings. The van der Waals surface area contributed by atoms with Gasteiger partial charge >= 0.3 is 0 Å². The number of fused-ring (bicyclic) bond motifs is 1. The second-order valence-corrected chi connectivity index (χ2v) is 12.6. The van der Waals surface area contributed by atoms with Crippen LogP contribution in [0.4, 0.5) is 17.6 Å². The maximum atomic E-state index is 14.6. The Morgan fingerprint density at radius 3 is 2.00 bits per heavy atom. The molecule has 45 heavy (non-hydrogen) atoms. The van der Waals surface area contributed by atoms with Crippen molar-refractivity contribution in [3.8, 4) is 0 Å². The van der Waals surface area contributed by atoms with Crippen LogP contribution in [-0.2, 0) is 27.5 Å². The number of carbonyl (C=O) groups excluding carboxylic acids is 1. The molecule has 1 saturated heterocycles. The second-order valence-electron chi connectivity index (χ2n) is 12.6. The molecular weight excluding hydrogens is 590 g/mol. The summed E-state index contributed by atoms with van der Waals surface area (Å²) in [6, 6.07) is 6.90. The van der Waals surface area contributed by atoms with Gasteiger partial charge in [-0.15, -0.1) is 0 Å². The summed E-state index contributed by atoms with van der Waals surface area (Å²) in [7, 11) is 0. The van der Waals surface area contributed by atoms with Gasteiger partial charge in [0, 0.05) is 63.0 Å². The van der Waals surface area contributed by atoms with Crippen LogP contribution in [0.3, 0.4) is 0 Å². The minimum absolute atomic E-state index is 0.180. The number of benzene rings is 2. The van der Waals surface area contributed by atoms with Crippen LogP contribution in [-0.4, -0.2) is 95.7 Å². The number of amides is 1. The first-order valence-corrected chi connectivity index (χ1v) is 15.5. The summed E-state index contributed by atoms with van der Waals surface area (Å²) in [6.45, 7) is 7.95. The van der Waals surface area contributed by atoms with Crippen molar-refractivity contribution in [2.24, 2.45) is 4.99 Å². The van der Waals surface area contributed by atoms with E-state index >= 15 is 0 Å². The summed E-state index contributed by atoms with van der Waals surface area (Å²) < 4.78 is 70.5. The maximum absolute atomic E-state index is 14.6. The molecule has 1 N–H and O–H groups in total. The highest BCUT2D eigenvalue weighted by atomic mass is 19.1. The number of hydrogen-bond donors (Lipinski definition) is 1. The first-order valence-electron chi connectivity index (χ1n) is 15.5. The lowest BCUT2D eigenvalue weighted by Crippen LogP contribution is -2.60. The van der Waals surface area contributed by atoms with Crippen molar-refractivity contribution < 1.29 is 31.8 Å². The van der Waals surface area contributed by atoms with Gasteiger partial charge in [-0.3, -0.25) is 19.6 Å². The van der Waals surface area contributed by atoms with Crippen LogP contribution in [0.1, 0.15) is 37.8 Å². The Balaban J connectivity index is 1.19. The standard InChI is InChI=1S/C33H39F4N5O3/c1-32(2)29(30(43)38-13-15-40-16-18-41(19-17-40)22-10-11-22)42-14-5-12-33(31(42)39-32,44-20-23-25(34)6-3-7-26(23)35)45-21-24-27(36)8-4-9-28(24)37/h3-9,12,22,29H,10-11,13-21H2,1-2H3,(H,38,43). The Morgan fingerprint density at radius 1 is 0.911 bits per heavy atom. The highest BCUT2D eigenvalue weighted by molar-refractivity contribution is 6.00. The van der Waals surface area contributed by atoms with Crippen LogP contribution in [0.2, 0.25) is 0 Å². The first-order chi connectivity index (χ1) is 21.6. The molecule has 6 rings (SSSR count). The summed E-state index contributed by atoms with van der Waals surface area (Å²) >= 11 is 0. The van der Waals surface area contributed by atoms with Gasteiger partial charge in [0.2, 0.25) is 11.7 Å². The lowest BCUT2D eigenvalue weighted by molar-refractivity contribution is -0.179. The van der Waals surface area contributed by atoms with Crippen LogP contribution in [0.5, 0.6) is 0 Å². The fraction of sp³-hybridized carbons (Fsp3) is 0.515. The molecule has 0 radical (unpaired) electrons. The quantitative estimate of drug-likeness (QED) is 0.230. The topological polar surface area (TPSA) is 69.6 Å². The highest BCUT2D eigenvalue weighted by Crippen LogP contribution is 2.38. The van der Waals surface area contributed by atoms with E-state index in [1.807, 2.05) is 0 Å². The zero-order chi connectivity index (χ0) is 31.8. The third-order valence-corrected chi connectivity index (χ3v) is 9.03.